The van der Waals surface area contributed by atoms with Gasteiger partial charge in [0.25, 0.3) is 0 Å². The number of rotatable bonds is 4. The maximum atomic E-state index is 4.59. The van der Waals surface area contributed by atoms with Gasteiger partial charge in [-0.2, -0.15) is 0 Å². The summed E-state index contributed by atoms with van der Waals surface area (Å²) in [4.78, 5) is 5.66. The standard InChI is InChI=1S/C16H19N3S/c1-4-13-7-5-6-11(2)15(13)17-10-14-12(3)18-16-19(14)8-9-20-16/h5-9,17H,4,10H2,1-3H3. The summed E-state index contributed by atoms with van der Waals surface area (Å²) >= 11 is 1.68. The lowest BCUT2D eigenvalue weighted by atomic mass is 10.1. The van der Waals surface area contributed by atoms with E-state index >= 15 is 0 Å². The largest absolute Gasteiger partial charge is 0.379 e. The minimum absolute atomic E-state index is 0.807. The molecule has 4 heteroatoms. The number of aryl methyl sites for hydroxylation is 3. The van der Waals surface area contributed by atoms with Crippen LogP contribution in [0.25, 0.3) is 4.96 Å². The highest BCUT2D eigenvalue weighted by Gasteiger charge is 2.10. The molecule has 0 aliphatic rings. The number of imidazole rings is 1. The molecule has 3 rings (SSSR count). The predicted octanol–water partition coefficient (Wildman–Crippen LogP) is 4.19. The van der Waals surface area contributed by atoms with Crippen molar-refractivity contribution in [2.24, 2.45) is 0 Å². The van der Waals surface area contributed by atoms with Crippen LogP contribution in [0.1, 0.15) is 29.4 Å². The molecule has 2 aromatic heterocycles. The number of nitrogens with zero attached hydrogens (tertiary/aromatic N) is 2. The topological polar surface area (TPSA) is 29.3 Å². The van der Waals surface area contributed by atoms with Crippen LogP contribution in [0, 0.1) is 13.8 Å². The number of anilines is 1. The summed E-state index contributed by atoms with van der Waals surface area (Å²) in [6.45, 7) is 7.24. The zero-order valence-electron chi connectivity index (χ0n) is 12.1. The Bertz CT molecular complexity index is 739. The number of para-hydroxylation sites is 1. The van der Waals surface area contributed by atoms with Crippen molar-refractivity contribution in [2.75, 3.05) is 5.32 Å². The van der Waals surface area contributed by atoms with Gasteiger partial charge in [-0.15, -0.1) is 11.3 Å². The highest BCUT2D eigenvalue weighted by Crippen LogP contribution is 2.23. The first kappa shape index (κ1) is 13.2. The van der Waals surface area contributed by atoms with Crippen LogP contribution in [-0.2, 0) is 13.0 Å². The second-order valence-electron chi connectivity index (χ2n) is 5.02. The third-order valence-electron chi connectivity index (χ3n) is 3.73. The van der Waals surface area contributed by atoms with Crippen molar-refractivity contribution in [3.05, 3.63) is 52.3 Å². The summed E-state index contributed by atoms with van der Waals surface area (Å²) in [7, 11) is 0. The van der Waals surface area contributed by atoms with Crippen LogP contribution in [0.3, 0.4) is 0 Å². The average molecular weight is 285 g/mol. The Hall–Kier alpha value is -1.81. The minimum Gasteiger partial charge on any atom is -0.379 e. The normalized spacial score (nSPS) is 11.2. The van der Waals surface area contributed by atoms with Crippen molar-refractivity contribution in [3.8, 4) is 0 Å². The first-order valence-electron chi connectivity index (χ1n) is 6.94. The molecule has 0 bridgehead atoms. The molecule has 1 N–H and O–H groups in total. The van der Waals surface area contributed by atoms with Gasteiger partial charge in [-0.05, 0) is 31.4 Å². The fraction of sp³-hybridized carbons (Fsp3) is 0.312. The lowest BCUT2D eigenvalue weighted by Gasteiger charge is -2.14. The Morgan fingerprint density at radius 2 is 2.15 bits per heavy atom. The molecule has 0 radical (unpaired) electrons. The van der Waals surface area contributed by atoms with E-state index in [1.165, 1.54) is 22.5 Å². The quantitative estimate of drug-likeness (QED) is 0.779. The van der Waals surface area contributed by atoms with E-state index in [0.29, 0.717) is 0 Å². The van der Waals surface area contributed by atoms with Gasteiger partial charge in [0.2, 0.25) is 0 Å². The van der Waals surface area contributed by atoms with E-state index in [1.807, 2.05) is 0 Å². The van der Waals surface area contributed by atoms with Gasteiger partial charge in [0.1, 0.15) is 0 Å². The van der Waals surface area contributed by atoms with Crippen LogP contribution in [0.15, 0.2) is 29.8 Å². The number of benzene rings is 1. The number of aromatic nitrogens is 2. The number of thiazole rings is 1. The highest BCUT2D eigenvalue weighted by atomic mass is 32.1. The van der Waals surface area contributed by atoms with Gasteiger partial charge in [0, 0.05) is 17.3 Å². The Labute approximate surface area is 123 Å². The van der Waals surface area contributed by atoms with Crippen molar-refractivity contribution in [3.63, 3.8) is 0 Å². The van der Waals surface area contributed by atoms with Crippen LogP contribution >= 0.6 is 11.3 Å². The molecule has 104 valence electrons. The Morgan fingerprint density at radius 3 is 2.95 bits per heavy atom. The number of hydrogen-bond donors (Lipinski definition) is 1. The molecule has 1 aromatic carbocycles. The molecule has 0 fully saturated rings. The van der Waals surface area contributed by atoms with Gasteiger partial charge in [0.05, 0.1) is 17.9 Å². The maximum absolute atomic E-state index is 4.59. The molecule has 0 amide bonds. The van der Waals surface area contributed by atoms with E-state index in [1.54, 1.807) is 11.3 Å². The number of hydrogen-bond acceptors (Lipinski definition) is 3. The van der Waals surface area contributed by atoms with Gasteiger partial charge in [0.15, 0.2) is 4.96 Å². The van der Waals surface area contributed by atoms with Crippen LogP contribution in [-0.4, -0.2) is 9.38 Å². The van der Waals surface area contributed by atoms with Crippen molar-refractivity contribution in [1.29, 1.82) is 0 Å². The summed E-state index contributed by atoms with van der Waals surface area (Å²) in [6, 6.07) is 6.48. The SMILES string of the molecule is CCc1cccc(C)c1NCc1c(C)nc2sccn12. The van der Waals surface area contributed by atoms with E-state index in [9.17, 15) is 0 Å². The first-order valence-corrected chi connectivity index (χ1v) is 7.82. The van der Waals surface area contributed by atoms with Gasteiger partial charge < -0.3 is 5.32 Å². The van der Waals surface area contributed by atoms with E-state index in [-0.39, 0.29) is 0 Å². The minimum atomic E-state index is 0.807. The first-order chi connectivity index (χ1) is 9.70. The van der Waals surface area contributed by atoms with E-state index in [0.717, 1.165) is 23.6 Å². The van der Waals surface area contributed by atoms with Crippen LogP contribution in [0.5, 0.6) is 0 Å². The molecular formula is C16H19N3S. The Kier molecular flexibility index (Phi) is 3.49. The molecule has 0 saturated heterocycles. The monoisotopic (exact) mass is 285 g/mol. The molecule has 0 aliphatic heterocycles. The predicted molar refractivity (Wildman–Crippen MR) is 85.7 cm³/mol. The van der Waals surface area contributed by atoms with Crippen molar-refractivity contribution in [2.45, 2.75) is 33.7 Å². The third-order valence-corrected chi connectivity index (χ3v) is 4.49. The molecule has 20 heavy (non-hydrogen) atoms. The summed E-state index contributed by atoms with van der Waals surface area (Å²) in [5, 5.41) is 5.68. The van der Waals surface area contributed by atoms with E-state index in [2.05, 4.69) is 65.2 Å². The zero-order valence-corrected chi connectivity index (χ0v) is 12.9. The maximum Gasteiger partial charge on any atom is 0.194 e. The smallest absolute Gasteiger partial charge is 0.194 e. The summed E-state index contributed by atoms with van der Waals surface area (Å²) in [5.41, 5.74) is 6.28. The summed E-state index contributed by atoms with van der Waals surface area (Å²) < 4.78 is 2.18. The van der Waals surface area contributed by atoms with Gasteiger partial charge >= 0.3 is 0 Å². The molecule has 0 unspecified atom stereocenters. The van der Waals surface area contributed by atoms with Crippen molar-refractivity contribution < 1.29 is 0 Å². The molecule has 0 atom stereocenters. The Balaban J connectivity index is 1.90. The average Bonchev–Trinajstić information content (AvgIpc) is 2.98. The molecular weight excluding hydrogens is 266 g/mol. The lowest BCUT2D eigenvalue weighted by Crippen LogP contribution is -2.06. The Morgan fingerprint density at radius 1 is 1.30 bits per heavy atom. The van der Waals surface area contributed by atoms with Gasteiger partial charge in [-0.25, -0.2) is 4.98 Å². The second-order valence-corrected chi connectivity index (χ2v) is 5.89. The molecule has 0 spiro atoms. The summed E-state index contributed by atoms with van der Waals surface area (Å²) in [6.07, 6.45) is 3.14. The molecule has 3 nitrogen and oxygen atoms in total. The van der Waals surface area contributed by atoms with Gasteiger partial charge in [-0.3, -0.25) is 4.40 Å². The third kappa shape index (κ3) is 2.20. The lowest BCUT2D eigenvalue weighted by molar-refractivity contribution is 0.984. The molecule has 2 heterocycles. The van der Waals surface area contributed by atoms with Crippen LogP contribution in [0.2, 0.25) is 0 Å². The molecule has 0 saturated carbocycles. The fourth-order valence-electron chi connectivity index (χ4n) is 2.60. The zero-order chi connectivity index (χ0) is 14.1. The highest BCUT2D eigenvalue weighted by molar-refractivity contribution is 7.15. The molecule has 0 aliphatic carbocycles. The van der Waals surface area contributed by atoms with Crippen molar-refractivity contribution in [1.82, 2.24) is 9.38 Å². The number of nitrogens with one attached hydrogen (secondary N) is 1. The van der Waals surface area contributed by atoms with Crippen LogP contribution in [0.4, 0.5) is 5.69 Å². The van der Waals surface area contributed by atoms with Crippen LogP contribution < -0.4 is 5.32 Å². The van der Waals surface area contributed by atoms with E-state index < -0.39 is 0 Å². The fourth-order valence-corrected chi connectivity index (χ4v) is 3.38. The van der Waals surface area contributed by atoms with Gasteiger partial charge in [-0.1, -0.05) is 25.1 Å². The molecule has 3 aromatic rings. The second kappa shape index (κ2) is 5.29. The number of fused-ring (bicyclic) bond motifs is 1. The van der Waals surface area contributed by atoms with E-state index in [4.69, 9.17) is 0 Å². The van der Waals surface area contributed by atoms with Crippen molar-refractivity contribution >= 4 is 22.0 Å². The summed E-state index contributed by atoms with van der Waals surface area (Å²) in [5.74, 6) is 0.